The molecule has 98 valence electrons. The first-order valence-electron chi connectivity index (χ1n) is 6.89. The first-order chi connectivity index (χ1) is 9.24. The van der Waals surface area contributed by atoms with E-state index >= 15 is 0 Å². The lowest BCUT2D eigenvalue weighted by molar-refractivity contribution is 0.641. The van der Waals surface area contributed by atoms with Gasteiger partial charge in [0.1, 0.15) is 0 Å². The zero-order valence-electron chi connectivity index (χ0n) is 11.6. The number of rotatable bonds is 2. The van der Waals surface area contributed by atoms with Gasteiger partial charge in [0.2, 0.25) is 0 Å². The zero-order chi connectivity index (χ0) is 13.2. The molecule has 1 atom stereocenters. The maximum Gasteiger partial charge on any atom is 0.0608 e. The molecule has 1 aliphatic heterocycles. The number of aryl methyl sites for hydroxylation is 1. The Kier molecular flexibility index (Phi) is 3.16. The van der Waals surface area contributed by atoms with Crippen LogP contribution in [-0.2, 0) is 6.54 Å². The number of hydrogen-bond donors (Lipinski definition) is 1. The molecular weight excluding hydrogens is 232 g/mol. The van der Waals surface area contributed by atoms with Crippen LogP contribution in [-0.4, -0.2) is 12.6 Å². The van der Waals surface area contributed by atoms with Crippen molar-refractivity contribution in [3.63, 3.8) is 0 Å². The Morgan fingerprint density at radius 1 is 1.11 bits per heavy atom. The lowest BCUT2D eigenvalue weighted by Crippen LogP contribution is -2.41. The van der Waals surface area contributed by atoms with Gasteiger partial charge in [-0.05, 0) is 31.5 Å². The van der Waals surface area contributed by atoms with E-state index in [-0.39, 0.29) is 0 Å². The topological polar surface area (TPSA) is 15.3 Å². The Bertz CT molecular complexity index is 560. The van der Waals surface area contributed by atoms with Crippen molar-refractivity contribution in [2.45, 2.75) is 26.4 Å². The third kappa shape index (κ3) is 2.43. The van der Waals surface area contributed by atoms with E-state index in [1.54, 1.807) is 0 Å². The molecule has 2 heteroatoms. The molecule has 1 unspecified atom stereocenters. The lowest BCUT2D eigenvalue weighted by Gasteiger charge is -2.37. The van der Waals surface area contributed by atoms with E-state index in [1.165, 1.54) is 22.5 Å². The molecule has 3 rings (SSSR count). The highest BCUT2D eigenvalue weighted by molar-refractivity contribution is 5.72. The summed E-state index contributed by atoms with van der Waals surface area (Å²) < 4.78 is 0. The van der Waals surface area contributed by atoms with Crippen LogP contribution < -0.4 is 10.2 Å². The Morgan fingerprint density at radius 3 is 2.63 bits per heavy atom. The van der Waals surface area contributed by atoms with E-state index in [0.29, 0.717) is 6.04 Å². The van der Waals surface area contributed by atoms with Crippen LogP contribution in [0.15, 0.2) is 48.5 Å². The molecule has 1 heterocycles. The van der Waals surface area contributed by atoms with Gasteiger partial charge in [0.25, 0.3) is 0 Å². The second kappa shape index (κ2) is 4.96. The summed E-state index contributed by atoms with van der Waals surface area (Å²) in [6.07, 6.45) is 0. The van der Waals surface area contributed by atoms with Crippen LogP contribution in [0.1, 0.15) is 18.1 Å². The Morgan fingerprint density at radius 2 is 1.84 bits per heavy atom. The Labute approximate surface area is 115 Å². The zero-order valence-corrected chi connectivity index (χ0v) is 11.6. The molecule has 1 aliphatic rings. The fraction of sp³-hybridized carbons (Fsp3) is 0.294. The van der Waals surface area contributed by atoms with Gasteiger partial charge in [-0.25, -0.2) is 0 Å². The number of benzene rings is 2. The first-order valence-corrected chi connectivity index (χ1v) is 6.89. The maximum atomic E-state index is 3.50. The van der Waals surface area contributed by atoms with Gasteiger partial charge < -0.3 is 10.2 Å². The van der Waals surface area contributed by atoms with Crippen molar-refractivity contribution in [1.82, 2.24) is 0 Å². The smallest absolute Gasteiger partial charge is 0.0608 e. The van der Waals surface area contributed by atoms with Gasteiger partial charge >= 0.3 is 0 Å². The fourth-order valence-corrected chi connectivity index (χ4v) is 2.61. The van der Waals surface area contributed by atoms with Gasteiger partial charge in [-0.2, -0.15) is 0 Å². The molecule has 2 aromatic rings. The maximum absolute atomic E-state index is 3.50. The number of fused-ring (bicyclic) bond motifs is 1. The Balaban J connectivity index is 1.89. The molecule has 0 bridgehead atoms. The molecule has 0 aromatic heterocycles. The number of nitrogens with one attached hydrogen (secondary N) is 1. The first kappa shape index (κ1) is 12.1. The largest absolute Gasteiger partial charge is 0.381 e. The summed E-state index contributed by atoms with van der Waals surface area (Å²) in [6.45, 7) is 6.38. The minimum Gasteiger partial charge on any atom is -0.381 e. The van der Waals surface area contributed by atoms with Crippen LogP contribution in [0.3, 0.4) is 0 Å². The van der Waals surface area contributed by atoms with Gasteiger partial charge in [0.05, 0.1) is 11.4 Å². The number of nitrogens with zero attached hydrogens (tertiary/aromatic N) is 1. The molecule has 0 fully saturated rings. The van der Waals surface area contributed by atoms with E-state index in [0.717, 1.165) is 13.1 Å². The highest BCUT2D eigenvalue weighted by Gasteiger charge is 2.22. The highest BCUT2D eigenvalue weighted by atomic mass is 15.2. The van der Waals surface area contributed by atoms with Crippen LogP contribution in [0.25, 0.3) is 0 Å². The van der Waals surface area contributed by atoms with Gasteiger partial charge in [-0.15, -0.1) is 0 Å². The second-order valence-electron chi connectivity index (χ2n) is 5.36. The SMILES string of the molecule is Cc1ccc(CN2c3ccccc3NCC2C)cc1. The van der Waals surface area contributed by atoms with Crippen molar-refractivity contribution in [3.8, 4) is 0 Å². The van der Waals surface area contributed by atoms with E-state index in [9.17, 15) is 0 Å². The quantitative estimate of drug-likeness (QED) is 0.874. The van der Waals surface area contributed by atoms with Crippen LogP contribution in [0.4, 0.5) is 11.4 Å². The molecular formula is C17H20N2. The molecule has 2 nitrogen and oxygen atoms in total. The minimum atomic E-state index is 0.510. The van der Waals surface area contributed by atoms with Crippen molar-refractivity contribution < 1.29 is 0 Å². The number of para-hydroxylation sites is 2. The third-order valence-corrected chi connectivity index (χ3v) is 3.81. The standard InChI is InChI=1S/C17H20N2/c1-13-7-9-15(10-8-13)12-19-14(2)11-18-16-5-3-4-6-17(16)19/h3-10,14,18H,11-12H2,1-2H3. The average Bonchev–Trinajstić information content (AvgIpc) is 2.44. The molecule has 0 amide bonds. The van der Waals surface area contributed by atoms with Crippen molar-refractivity contribution >= 4 is 11.4 Å². The van der Waals surface area contributed by atoms with Crippen molar-refractivity contribution in [2.24, 2.45) is 0 Å². The van der Waals surface area contributed by atoms with Crippen LogP contribution in [0.2, 0.25) is 0 Å². The third-order valence-electron chi connectivity index (χ3n) is 3.81. The van der Waals surface area contributed by atoms with Crippen LogP contribution in [0.5, 0.6) is 0 Å². The molecule has 1 N–H and O–H groups in total. The predicted octanol–water partition coefficient (Wildman–Crippen LogP) is 3.82. The lowest BCUT2D eigenvalue weighted by atomic mass is 10.1. The summed E-state index contributed by atoms with van der Waals surface area (Å²) in [5, 5.41) is 3.50. The van der Waals surface area contributed by atoms with Gasteiger partial charge in [0.15, 0.2) is 0 Å². The summed E-state index contributed by atoms with van der Waals surface area (Å²) in [7, 11) is 0. The predicted molar refractivity (Wildman–Crippen MR) is 81.8 cm³/mol. The van der Waals surface area contributed by atoms with Crippen molar-refractivity contribution in [1.29, 1.82) is 0 Å². The molecule has 0 radical (unpaired) electrons. The second-order valence-corrected chi connectivity index (χ2v) is 5.36. The van der Waals surface area contributed by atoms with E-state index in [2.05, 4.69) is 72.6 Å². The average molecular weight is 252 g/mol. The molecule has 0 aliphatic carbocycles. The highest BCUT2D eigenvalue weighted by Crippen LogP contribution is 2.32. The van der Waals surface area contributed by atoms with Gasteiger partial charge in [-0.1, -0.05) is 42.0 Å². The van der Waals surface area contributed by atoms with E-state index in [4.69, 9.17) is 0 Å². The minimum absolute atomic E-state index is 0.510. The summed E-state index contributed by atoms with van der Waals surface area (Å²) in [5.41, 5.74) is 5.24. The van der Waals surface area contributed by atoms with Crippen LogP contribution >= 0.6 is 0 Å². The van der Waals surface area contributed by atoms with Crippen molar-refractivity contribution in [2.75, 3.05) is 16.8 Å². The monoisotopic (exact) mass is 252 g/mol. The van der Waals surface area contributed by atoms with E-state index in [1.807, 2.05) is 0 Å². The number of anilines is 2. The normalized spacial score (nSPS) is 17.8. The van der Waals surface area contributed by atoms with Gasteiger partial charge in [-0.3, -0.25) is 0 Å². The fourth-order valence-electron chi connectivity index (χ4n) is 2.61. The molecule has 2 aromatic carbocycles. The molecule has 0 saturated heterocycles. The summed E-state index contributed by atoms with van der Waals surface area (Å²) in [5.74, 6) is 0. The number of hydrogen-bond acceptors (Lipinski definition) is 2. The van der Waals surface area contributed by atoms with E-state index < -0.39 is 0 Å². The Hall–Kier alpha value is -1.96. The molecule has 0 saturated carbocycles. The molecule has 19 heavy (non-hydrogen) atoms. The van der Waals surface area contributed by atoms with Crippen LogP contribution in [0, 0.1) is 6.92 Å². The summed E-state index contributed by atoms with van der Waals surface area (Å²) in [6, 6.07) is 17.9. The van der Waals surface area contributed by atoms with Gasteiger partial charge in [0, 0.05) is 19.1 Å². The van der Waals surface area contributed by atoms with Crippen molar-refractivity contribution in [3.05, 3.63) is 59.7 Å². The molecule has 0 spiro atoms. The summed E-state index contributed by atoms with van der Waals surface area (Å²) >= 11 is 0. The summed E-state index contributed by atoms with van der Waals surface area (Å²) in [4.78, 5) is 2.48.